The van der Waals surface area contributed by atoms with Crippen LogP contribution in [0.3, 0.4) is 0 Å². The van der Waals surface area contributed by atoms with E-state index in [0.717, 1.165) is 18.0 Å². The molecule has 0 spiro atoms. The van der Waals surface area contributed by atoms with Crippen molar-refractivity contribution in [3.8, 4) is 5.75 Å². The van der Waals surface area contributed by atoms with Gasteiger partial charge in [-0.2, -0.15) is 0 Å². The molecule has 5 nitrogen and oxygen atoms in total. The molecular weight excluding hydrogens is 379 g/mol. The van der Waals surface area contributed by atoms with Crippen molar-refractivity contribution in [3.05, 3.63) is 24.3 Å². The highest BCUT2D eigenvalue weighted by Crippen LogP contribution is 2.17. The number of guanidine groups is 1. The number of benzene rings is 1. The molecular formula is C15H27IN4O. The van der Waals surface area contributed by atoms with Crippen molar-refractivity contribution in [2.75, 3.05) is 39.6 Å². The van der Waals surface area contributed by atoms with Crippen LogP contribution in [0.15, 0.2) is 29.3 Å². The normalized spacial score (nSPS) is 12.0. The molecule has 0 heterocycles. The van der Waals surface area contributed by atoms with Gasteiger partial charge in [-0.15, -0.1) is 24.0 Å². The third-order valence-corrected chi connectivity index (χ3v) is 2.78. The van der Waals surface area contributed by atoms with Crippen molar-refractivity contribution in [1.29, 1.82) is 0 Å². The fourth-order valence-corrected chi connectivity index (χ4v) is 2.07. The van der Waals surface area contributed by atoms with Gasteiger partial charge in [0.15, 0.2) is 5.96 Å². The van der Waals surface area contributed by atoms with Gasteiger partial charge < -0.3 is 20.7 Å². The van der Waals surface area contributed by atoms with E-state index in [9.17, 15) is 0 Å². The number of aliphatic imine (C=N–C) groups is 1. The predicted molar refractivity (Wildman–Crippen MR) is 101 cm³/mol. The van der Waals surface area contributed by atoms with Crippen LogP contribution in [0.1, 0.15) is 13.8 Å². The quantitative estimate of drug-likeness (QED) is 0.433. The van der Waals surface area contributed by atoms with E-state index in [1.165, 1.54) is 0 Å². The summed E-state index contributed by atoms with van der Waals surface area (Å²) in [5, 5.41) is 3.08. The first-order valence-electron chi connectivity index (χ1n) is 6.68. The number of ether oxygens (including phenoxy) is 1. The van der Waals surface area contributed by atoms with Crippen molar-refractivity contribution in [3.63, 3.8) is 0 Å². The molecule has 0 aliphatic carbocycles. The number of hydrogen-bond donors (Lipinski definition) is 2. The van der Waals surface area contributed by atoms with Crippen molar-refractivity contribution >= 4 is 35.6 Å². The third kappa shape index (κ3) is 8.11. The highest BCUT2D eigenvalue weighted by atomic mass is 127. The lowest BCUT2D eigenvalue weighted by molar-refractivity contribution is 0.249. The lowest BCUT2D eigenvalue weighted by Crippen LogP contribution is -2.32. The third-order valence-electron chi connectivity index (χ3n) is 2.78. The Kier molecular flexibility index (Phi) is 8.65. The van der Waals surface area contributed by atoms with Crippen LogP contribution in [0.25, 0.3) is 0 Å². The second-order valence-electron chi connectivity index (χ2n) is 5.96. The zero-order valence-electron chi connectivity index (χ0n) is 13.5. The highest BCUT2D eigenvalue weighted by Gasteiger charge is 2.18. The Morgan fingerprint density at radius 3 is 2.33 bits per heavy atom. The Morgan fingerprint density at radius 1 is 1.29 bits per heavy atom. The molecule has 1 aromatic carbocycles. The molecule has 0 unspecified atom stereocenters. The monoisotopic (exact) mass is 406 g/mol. The van der Waals surface area contributed by atoms with Crippen molar-refractivity contribution in [2.24, 2.45) is 16.1 Å². The average molecular weight is 406 g/mol. The van der Waals surface area contributed by atoms with Crippen molar-refractivity contribution < 1.29 is 4.74 Å². The zero-order valence-corrected chi connectivity index (χ0v) is 15.8. The number of rotatable bonds is 6. The molecule has 6 heteroatoms. The first-order chi connectivity index (χ1) is 9.32. The molecule has 0 saturated heterocycles. The maximum atomic E-state index is 5.91. The Balaban J connectivity index is 0.00000400. The Hall–Kier alpha value is -1.02. The molecule has 0 aliphatic heterocycles. The molecule has 0 aromatic heterocycles. The van der Waals surface area contributed by atoms with Crippen LogP contribution < -0.4 is 15.8 Å². The lowest BCUT2D eigenvalue weighted by atomic mass is 9.93. The molecule has 0 bridgehead atoms. The van der Waals surface area contributed by atoms with E-state index in [2.05, 4.69) is 43.2 Å². The van der Waals surface area contributed by atoms with E-state index in [4.69, 9.17) is 10.5 Å². The summed E-state index contributed by atoms with van der Waals surface area (Å²) in [6.45, 7) is 6.00. The van der Waals surface area contributed by atoms with Crippen LogP contribution in [-0.2, 0) is 0 Å². The number of nitrogens with two attached hydrogens (primary N) is 1. The maximum Gasteiger partial charge on any atom is 0.193 e. The predicted octanol–water partition coefficient (Wildman–Crippen LogP) is 2.63. The topological polar surface area (TPSA) is 62.9 Å². The molecule has 0 atom stereocenters. The summed E-state index contributed by atoms with van der Waals surface area (Å²) in [6, 6.07) is 7.58. The standard InChI is InChI=1S/C15H26N4O.HI/c1-15(2,11-19(3)4)10-17-14(16)18-12-6-8-13(20-5)9-7-12;/h6-9H,10-11H2,1-5H3,(H3,16,17,18);1H. The van der Waals surface area contributed by atoms with Gasteiger partial charge in [0.2, 0.25) is 0 Å². The Morgan fingerprint density at radius 2 is 1.86 bits per heavy atom. The van der Waals surface area contributed by atoms with Gasteiger partial charge in [-0.1, -0.05) is 13.8 Å². The second kappa shape index (κ2) is 9.09. The van der Waals surface area contributed by atoms with Crippen LogP contribution in [0.4, 0.5) is 5.69 Å². The maximum absolute atomic E-state index is 5.91. The smallest absolute Gasteiger partial charge is 0.193 e. The fourth-order valence-electron chi connectivity index (χ4n) is 2.07. The van der Waals surface area contributed by atoms with Gasteiger partial charge in [-0.25, -0.2) is 0 Å². The summed E-state index contributed by atoms with van der Waals surface area (Å²) in [6.07, 6.45) is 0. The summed E-state index contributed by atoms with van der Waals surface area (Å²) < 4.78 is 5.11. The van der Waals surface area contributed by atoms with Gasteiger partial charge in [0.05, 0.1) is 7.11 Å². The van der Waals surface area contributed by atoms with E-state index in [1.807, 2.05) is 24.3 Å². The number of nitrogens with zero attached hydrogens (tertiary/aromatic N) is 2. The molecule has 0 fully saturated rings. The largest absolute Gasteiger partial charge is 0.497 e. The number of nitrogens with one attached hydrogen (secondary N) is 1. The summed E-state index contributed by atoms with van der Waals surface area (Å²) in [5.74, 6) is 1.25. The molecule has 1 aromatic rings. The molecule has 0 saturated carbocycles. The average Bonchev–Trinajstić information content (AvgIpc) is 2.36. The molecule has 0 aliphatic rings. The zero-order chi connectivity index (χ0) is 15.2. The van der Waals surface area contributed by atoms with E-state index in [1.54, 1.807) is 7.11 Å². The number of anilines is 1. The van der Waals surface area contributed by atoms with Crippen LogP contribution in [0, 0.1) is 5.41 Å². The lowest BCUT2D eigenvalue weighted by Gasteiger charge is -2.26. The van der Waals surface area contributed by atoms with Crippen LogP contribution >= 0.6 is 24.0 Å². The molecule has 3 N–H and O–H groups in total. The molecule has 1 rings (SSSR count). The van der Waals surface area contributed by atoms with Crippen molar-refractivity contribution in [1.82, 2.24) is 4.90 Å². The van der Waals surface area contributed by atoms with Crippen LogP contribution in [0.2, 0.25) is 0 Å². The Bertz CT molecular complexity index is 443. The van der Waals surface area contributed by atoms with E-state index in [0.29, 0.717) is 12.5 Å². The van der Waals surface area contributed by atoms with Gasteiger partial charge >= 0.3 is 0 Å². The summed E-state index contributed by atoms with van der Waals surface area (Å²) in [5.41, 5.74) is 6.90. The molecule has 21 heavy (non-hydrogen) atoms. The van der Waals surface area contributed by atoms with E-state index in [-0.39, 0.29) is 29.4 Å². The van der Waals surface area contributed by atoms with Gasteiger partial charge in [0, 0.05) is 18.8 Å². The van der Waals surface area contributed by atoms with E-state index < -0.39 is 0 Å². The van der Waals surface area contributed by atoms with Gasteiger partial charge in [0.25, 0.3) is 0 Å². The summed E-state index contributed by atoms with van der Waals surface area (Å²) in [4.78, 5) is 6.57. The minimum absolute atomic E-state index is 0. The molecule has 0 radical (unpaired) electrons. The van der Waals surface area contributed by atoms with Gasteiger partial charge in [-0.05, 0) is 43.8 Å². The van der Waals surface area contributed by atoms with E-state index >= 15 is 0 Å². The van der Waals surface area contributed by atoms with Gasteiger partial charge in [-0.3, -0.25) is 4.99 Å². The summed E-state index contributed by atoms with van der Waals surface area (Å²) >= 11 is 0. The summed E-state index contributed by atoms with van der Waals surface area (Å²) in [7, 11) is 5.76. The van der Waals surface area contributed by atoms with Crippen LogP contribution in [0.5, 0.6) is 5.75 Å². The highest BCUT2D eigenvalue weighted by molar-refractivity contribution is 14.0. The fraction of sp³-hybridized carbons (Fsp3) is 0.533. The first kappa shape index (κ1) is 20.0. The van der Waals surface area contributed by atoms with Crippen LogP contribution in [-0.4, -0.2) is 45.2 Å². The number of hydrogen-bond acceptors (Lipinski definition) is 3. The first-order valence-corrected chi connectivity index (χ1v) is 6.68. The van der Waals surface area contributed by atoms with Gasteiger partial charge in [0.1, 0.15) is 5.75 Å². The second-order valence-corrected chi connectivity index (χ2v) is 5.96. The number of methoxy groups -OCH3 is 1. The minimum Gasteiger partial charge on any atom is -0.497 e. The Labute approximate surface area is 145 Å². The number of halogens is 1. The molecule has 0 amide bonds. The SMILES string of the molecule is COc1ccc(NC(N)=NCC(C)(C)CN(C)C)cc1.I. The molecule has 120 valence electrons. The van der Waals surface area contributed by atoms with Crippen molar-refractivity contribution in [2.45, 2.75) is 13.8 Å². The minimum atomic E-state index is 0.